The van der Waals surface area contributed by atoms with Gasteiger partial charge in [0.25, 0.3) is 0 Å². The predicted molar refractivity (Wildman–Crippen MR) is 85.3 cm³/mol. The maximum Gasteiger partial charge on any atom is 0.118 e. The van der Waals surface area contributed by atoms with Gasteiger partial charge in [-0.15, -0.1) is 12.4 Å². The second-order valence-corrected chi connectivity index (χ2v) is 4.79. The Morgan fingerprint density at radius 1 is 0.947 bits per heavy atom. The highest BCUT2D eigenvalue weighted by Gasteiger charge is 1.94. The second-order valence-electron chi connectivity index (χ2n) is 4.79. The number of hydrogen-bond acceptors (Lipinski definition) is 2. The zero-order chi connectivity index (χ0) is 13.1. The number of methoxy groups -OCH3 is 1. The number of benzene rings is 1. The minimum Gasteiger partial charge on any atom is -0.497 e. The molecule has 19 heavy (non-hydrogen) atoms. The summed E-state index contributed by atoms with van der Waals surface area (Å²) >= 11 is 0. The fraction of sp³-hybridized carbons (Fsp3) is 0.625. The van der Waals surface area contributed by atoms with E-state index in [1.807, 2.05) is 12.1 Å². The molecule has 0 spiro atoms. The fourth-order valence-corrected chi connectivity index (χ4v) is 2.01. The summed E-state index contributed by atoms with van der Waals surface area (Å²) in [6.45, 7) is 4.34. The van der Waals surface area contributed by atoms with E-state index in [0.29, 0.717) is 0 Å². The molecule has 0 saturated heterocycles. The van der Waals surface area contributed by atoms with Gasteiger partial charge in [0.1, 0.15) is 5.75 Å². The SMILES string of the molecule is CCCCCCCCNCc1ccc(OC)cc1.Cl. The molecule has 1 aromatic carbocycles. The normalized spacial score (nSPS) is 10.0. The van der Waals surface area contributed by atoms with Crippen LogP contribution in [-0.2, 0) is 6.54 Å². The summed E-state index contributed by atoms with van der Waals surface area (Å²) in [6.07, 6.45) is 8.15. The van der Waals surface area contributed by atoms with E-state index < -0.39 is 0 Å². The number of ether oxygens (including phenoxy) is 1. The van der Waals surface area contributed by atoms with Crippen molar-refractivity contribution in [2.45, 2.75) is 52.0 Å². The topological polar surface area (TPSA) is 21.3 Å². The van der Waals surface area contributed by atoms with E-state index in [-0.39, 0.29) is 12.4 Å². The lowest BCUT2D eigenvalue weighted by atomic mass is 10.1. The molecule has 1 rings (SSSR count). The third-order valence-corrected chi connectivity index (χ3v) is 3.20. The molecule has 1 aromatic rings. The minimum absolute atomic E-state index is 0. The Labute approximate surface area is 124 Å². The van der Waals surface area contributed by atoms with E-state index >= 15 is 0 Å². The van der Waals surface area contributed by atoms with Gasteiger partial charge in [0.05, 0.1) is 7.11 Å². The van der Waals surface area contributed by atoms with Crippen LogP contribution in [0.4, 0.5) is 0 Å². The van der Waals surface area contributed by atoms with Gasteiger partial charge in [0.2, 0.25) is 0 Å². The van der Waals surface area contributed by atoms with E-state index in [2.05, 4.69) is 24.4 Å². The Morgan fingerprint density at radius 3 is 2.21 bits per heavy atom. The molecule has 0 bridgehead atoms. The number of hydrogen-bond donors (Lipinski definition) is 1. The van der Waals surface area contributed by atoms with E-state index in [1.54, 1.807) is 7.11 Å². The molecule has 0 aliphatic carbocycles. The van der Waals surface area contributed by atoms with Crippen LogP contribution in [-0.4, -0.2) is 13.7 Å². The number of unbranched alkanes of at least 4 members (excludes halogenated alkanes) is 5. The Morgan fingerprint density at radius 2 is 1.58 bits per heavy atom. The zero-order valence-electron chi connectivity index (χ0n) is 12.3. The second kappa shape index (κ2) is 12.3. The third kappa shape index (κ3) is 8.90. The molecule has 0 fully saturated rings. The molecule has 110 valence electrons. The number of halogens is 1. The molecule has 0 aliphatic rings. The van der Waals surface area contributed by atoms with Crippen molar-refractivity contribution in [1.29, 1.82) is 0 Å². The monoisotopic (exact) mass is 285 g/mol. The summed E-state index contributed by atoms with van der Waals surface area (Å²) in [7, 11) is 1.70. The molecule has 0 heterocycles. The van der Waals surface area contributed by atoms with Crippen LogP contribution in [0.5, 0.6) is 5.75 Å². The summed E-state index contributed by atoms with van der Waals surface area (Å²) in [5.74, 6) is 0.926. The average Bonchev–Trinajstić information content (AvgIpc) is 2.42. The molecular formula is C16H28ClNO. The predicted octanol–water partition coefficient (Wildman–Crippen LogP) is 4.57. The van der Waals surface area contributed by atoms with Crippen molar-refractivity contribution in [3.63, 3.8) is 0 Å². The molecule has 3 heteroatoms. The van der Waals surface area contributed by atoms with Crippen LogP contribution >= 0.6 is 12.4 Å². The van der Waals surface area contributed by atoms with Crippen LogP contribution in [0.2, 0.25) is 0 Å². The smallest absolute Gasteiger partial charge is 0.118 e. The quantitative estimate of drug-likeness (QED) is 0.636. The van der Waals surface area contributed by atoms with Crippen LogP contribution in [0, 0.1) is 0 Å². The van der Waals surface area contributed by atoms with Crippen molar-refractivity contribution in [1.82, 2.24) is 5.32 Å². The van der Waals surface area contributed by atoms with Crippen LogP contribution < -0.4 is 10.1 Å². The van der Waals surface area contributed by atoms with Crippen LogP contribution in [0.1, 0.15) is 51.0 Å². The van der Waals surface area contributed by atoms with Gasteiger partial charge >= 0.3 is 0 Å². The standard InChI is InChI=1S/C16H27NO.ClH/c1-3-4-5-6-7-8-13-17-14-15-9-11-16(18-2)12-10-15;/h9-12,17H,3-8,13-14H2,1-2H3;1H. The van der Waals surface area contributed by atoms with E-state index in [0.717, 1.165) is 18.8 Å². The molecule has 2 nitrogen and oxygen atoms in total. The zero-order valence-corrected chi connectivity index (χ0v) is 13.1. The van der Waals surface area contributed by atoms with Crippen molar-refractivity contribution in [2.24, 2.45) is 0 Å². The van der Waals surface area contributed by atoms with E-state index in [9.17, 15) is 0 Å². The van der Waals surface area contributed by atoms with E-state index in [1.165, 1.54) is 44.1 Å². The first-order chi connectivity index (χ1) is 8.86. The van der Waals surface area contributed by atoms with E-state index in [4.69, 9.17) is 4.74 Å². The highest BCUT2D eigenvalue weighted by molar-refractivity contribution is 5.85. The van der Waals surface area contributed by atoms with Crippen molar-refractivity contribution in [2.75, 3.05) is 13.7 Å². The Kier molecular flexibility index (Phi) is 11.8. The summed E-state index contributed by atoms with van der Waals surface area (Å²) in [5.41, 5.74) is 1.32. The van der Waals surface area contributed by atoms with Crippen LogP contribution in [0.3, 0.4) is 0 Å². The Balaban J connectivity index is 0.00000324. The van der Waals surface area contributed by atoms with Gasteiger partial charge in [0.15, 0.2) is 0 Å². The average molecular weight is 286 g/mol. The van der Waals surface area contributed by atoms with Gasteiger partial charge in [-0.2, -0.15) is 0 Å². The van der Waals surface area contributed by atoms with Crippen LogP contribution in [0.25, 0.3) is 0 Å². The van der Waals surface area contributed by atoms with Gasteiger partial charge in [-0.05, 0) is 30.7 Å². The first kappa shape index (κ1) is 18.3. The lowest BCUT2D eigenvalue weighted by Crippen LogP contribution is -2.14. The molecule has 0 aliphatic heterocycles. The number of rotatable bonds is 10. The molecule has 0 amide bonds. The largest absolute Gasteiger partial charge is 0.497 e. The first-order valence-electron chi connectivity index (χ1n) is 7.20. The highest BCUT2D eigenvalue weighted by atomic mass is 35.5. The van der Waals surface area contributed by atoms with Crippen molar-refractivity contribution in [3.8, 4) is 5.75 Å². The molecule has 0 unspecified atom stereocenters. The summed E-state index contributed by atoms with van der Waals surface area (Å²) in [4.78, 5) is 0. The Hall–Kier alpha value is -0.730. The van der Waals surface area contributed by atoms with Crippen molar-refractivity contribution in [3.05, 3.63) is 29.8 Å². The fourth-order valence-electron chi connectivity index (χ4n) is 2.01. The van der Waals surface area contributed by atoms with Crippen LogP contribution in [0.15, 0.2) is 24.3 Å². The molecular weight excluding hydrogens is 258 g/mol. The lowest BCUT2D eigenvalue weighted by Gasteiger charge is -2.06. The molecule has 0 radical (unpaired) electrons. The van der Waals surface area contributed by atoms with Gasteiger partial charge in [-0.3, -0.25) is 0 Å². The van der Waals surface area contributed by atoms with Crippen molar-refractivity contribution >= 4 is 12.4 Å². The van der Waals surface area contributed by atoms with Gasteiger partial charge in [0, 0.05) is 6.54 Å². The molecule has 0 saturated carbocycles. The summed E-state index contributed by atoms with van der Waals surface area (Å²) in [5, 5.41) is 3.49. The summed E-state index contributed by atoms with van der Waals surface area (Å²) < 4.78 is 5.14. The van der Waals surface area contributed by atoms with Crippen molar-refractivity contribution < 1.29 is 4.74 Å². The van der Waals surface area contributed by atoms with Gasteiger partial charge in [-0.1, -0.05) is 51.2 Å². The molecule has 0 aromatic heterocycles. The first-order valence-corrected chi connectivity index (χ1v) is 7.20. The number of nitrogens with one attached hydrogen (secondary N) is 1. The van der Waals surface area contributed by atoms with Gasteiger partial charge in [-0.25, -0.2) is 0 Å². The molecule has 1 N–H and O–H groups in total. The highest BCUT2D eigenvalue weighted by Crippen LogP contribution is 2.11. The third-order valence-electron chi connectivity index (χ3n) is 3.20. The van der Waals surface area contributed by atoms with Gasteiger partial charge < -0.3 is 10.1 Å². The Bertz CT molecular complexity index is 300. The lowest BCUT2D eigenvalue weighted by molar-refractivity contribution is 0.414. The summed E-state index contributed by atoms with van der Waals surface area (Å²) in [6, 6.07) is 8.27. The maximum absolute atomic E-state index is 5.14. The molecule has 0 atom stereocenters. The minimum atomic E-state index is 0. The maximum atomic E-state index is 5.14.